The lowest BCUT2D eigenvalue weighted by Gasteiger charge is -2.25. The first kappa shape index (κ1) is 22.4. The van der Waals surface area contributed by atoms with E-state index < -0.39 is 17.7 Å². The van der Waals surface area contributed by atoms with Crippen LogP contribution in [-0.4, -0.2) is 62.6 Å². The molecule has 0 bridgehead atoms. The quantitative estimate of drug-likeness (QED) is 0.382. The topological polar surface area (TPSA) is 80.5 Å². The van der Waals surface area contributed by atoms with Gasteiger partial charge in [-0.3, -0.25) is 9.59 Å². The molecule has 1 atom stereocenters. The molecule has 1 saturated heterocycles. The number of carbonyl (C=O) groups excluding carboxylic acids is 2. The smallest absolute Gasteiger partial charge is 0.295 e. The molecule has 1 aliphatic rings. The zero-order valence-electron chi connectivity index (χ0n) is 18.3. The van der Waals surface area contributed by atoms with Crippen molar-refractivity contribution in [2.45, 2.75) is 13.0 Å². The summed E-state index contributed by atoms with van der Waals surface area (Å²) in [6, 6.07) is 13.3. The van der Waals surface area contributed by atoms with E-state index in [0.29, 0.717) is 36.8 Å². The number of nitrogens with zero attached hydrogens (tertiary/aromatic N) is 1. The Morgan fingerprint density at radius 2 is 1.65 bits per heavy atom. The van der Waals surface area contributed by atoms with Gasteiger partial charge >= 0.3 is 0 Å². The van der Waals surface area contributed by atoms with Gasteiger partial charge in [0.1, 0.15) is 17.3 Å². The molecule has 0 radical (unpaired) electrons. The maximum absolute atomic E-state index is 13.0. The molecule has 1 amide bonds. The fourth-order valence-corrected chi connectivity index (χ4v) is 3.62. The van der Waals surface area contributed by atoms with E-state index in [-0.39, 0.29) is 11.3 Å². The highest BCUT2D eigenvalue weighted by Gasteiger charge is 2.46. The number of likely N-dealkylation sites (N-methyl/N-ethyl adjacent to an activating group) is 1. The number of ketones is 1. The summed E-state index contributed by atoms with van der Waals surface area (Å²) >= 11 is 0. The molecule has 2 aromatic rings. The van der Waals surface area contributed by atoms with E-state index in [2.05, 4.69) is 0 Å². The fourth-order valence-electron chi connectivity index (χ4n) is 3.62. The number of aliphatic hydroxyl groups is 1. The highest BCUT2D eigenvalue weighted by Crippen LogP contribution is 2.39. The number of benzene rings is 2. The average Bonchev–Trinajstić information content (AvgIpc) is 3.02. The predicted molar refractivity (Wildman–Crippen MR) is 117 cm³/mol. The van der Waals surface area contributed by atoms with E-state index in [9.17, 15) is 14.7 Å². The predicted octanol–water partition coefficient (Wildman–Crippen LogP) is 1.66. The molecule has 7 nitrogen and oxygen atoms in total. The van der Waals surface area contributed by atoms with Gasteiger partial charge in [0, 0.05) is 5.56 Å². The second-order valence-corrected chi connectivity index (χ2v) is 7.68. The number of hydrogen-bond acceptors (Lipinski definition) is 5. The molecule has 3 rings (SSSR count). The number of rotatable bonds is 8. The summed E-state index contributed by atoms with van der Waals surface area (Å²) in [7, 11) is 5.53. The van der Waals surface area contributed by atoms with Crippen LogP contribution in [0.5, 0.6) is 11.5 Å². The van der Waals surface area contributed by atoms with Gasteiger partial charge in [-0.25, -0.2) is 0 Å². The van der Waals surface area contributed by atoms with Gasteiger partial charge in [0.15, 0.2) is 0 Å². The van der Waals surface area contributed by atoms with E-state index in [1.807, 2.05) is 45.3 Å². The van der Waals surface area contributed by atoms with Crippen LogP contribution in [0.25, 0.3) is 5.76 Å². The summed E-state index contributed by atoms with van der Waals surface area (Å²) < 4.78 is 10.7. The molecule has 2 aromatic carbocycles. The van der Waals surface area contributed by atoms with Crippen LogP contribution in [0.3, 0.4) is 0 Å². The van der Waals surface area contributed by atoms with Gasteiger partial charge in [-0.15, -0.1) is 0 Å². The third kappa shape index (κ3) is 4.72. The lowest BCUT2D eigenvalue weighted by molar-refractivity contribution is -0.857. The lowest BCUT2D eigenvalue weighted by Crippen LogP contribution is -3.06. The molecule has 0 aromatic heterocycles. The van der Waals surface area contributed by atoms with Gasteiger partial charge < -0.3 is 24.4 Å². The standard InChI is InChI=1S/C24H28N2O5/c1-5-31-19-12-6-16(7-13-19)21-20(22(27)17-8-10-18(30-4)11-9-17)23(28)24(29)26(21)15-14-25(2)3/h6-13,21,27H,5,14-15H2,1-4H3/p+1/t21-/m0/s1. The number of aliphatic hydroxyl groups excluding tert-OH is 1. The van der Waals surface area contributed by atoms with Crippen molar-refractivity contribution in [2.24, 2.45) is 0 Å². The zero-order valence-corrected chi connectivity index (χ0v) is 18.3. The van der Waals surface area contributed by atoms with Crippen LogP contribution in [0.2, 0.25) is 0 Å². The Balaban J connectivity index is 2.09. The molecular formula is C24H29N2O5+. The molecule has 0 aliphatic carbocycles. The van der Waals surface area contributed by atoms with Crippen LogP contribution in [-0.2, 0) is 9.59 Å². The molecule has 0 spiro atoms. The van der Waals surface area contributed by atoms with Crippen LogP contribution in [0.1, 0.15) is 24.1 Å². The van der Waals surface area contributed by atoms with E-state index in [1.165, 1.54) is 0 Å². The first-order chi connectivity index (χ1) is 14.9. The van der Waals surface area contributed by atoms with Crippen LogP contribution in [0, 0.1) is 0 Å². The van der Waals surface area contributed by atoms with Gasteiger partial charge in [0.25, 0.3) is 11.7 Å². The van der Waals surface area contributed by atoms with Crippen molar-refractivity contribution < 1.29 is 29.1 Å². The number of ether oxygens (including phenoxy) is 2. The minimum absolute atomic E-state index is 0.0908. The Kier molecular flexibility index (Phi) is 6.97. The number of quaternary nitrogens is 1. The average molecular weight is 426 g/mol. The molecule has 0 unspecified atom stereocenters. The Bertz CT molecular complexity index is 964. The number of methoxy groups -OCH3 is 1. The van der Waals surface area contributed by atoms with Crippen molar-refractivity contribution in [1.29, 1.82) is 0 Å². The molecule has 1 heterocycles. The van der Waals surface area contributed by atoms with Gasteiger partial charge in [-0.2, -0.15) is 0 Å². The molecule has 164 valence electrons. The van der Waals surface area contributed by atoms with Gasteiger partial charge in [-0.1, -0.05) is 12.1 Å². The minimum atomic E-state index is -0.680. The zero-order chi connectivity index (χ0) is 22.5. The number of amides is 1. The molecule has 31 heavy (non-hydrogen) atoms. The molecule has 0 saturated carbocycles. The van der Waals surface area contributed by atoms with Crippen molar-refractivity contribution in [3.8, 4) is 11.5 Å². The normalized spacial score (nSPS) is 18.0. The highest BCUT2D eigenvalue weighted by atomic mass is 16.5. The van der Waals surface area contributed by atoms with Crippen molar-refractivity contribution in [3.63, 3.8) is 0 Å². The SMILES string of the molecule is CCOc1ccc([C@H]2C(=C(O)c3ccc(OC)cc3)C(=O)C(=O)N2CC[NH+](C)C)cc1. The van der Waals surface area contributed by atoms with Crippen molar-refractivity contribution in [1.82, 2.24) is 4.90 Å². The Labute approximate surface area is 182 Å². The summed E-state index contributed by atoms with van der Waals surface area (Å²) in [5, 5.41) is 11.0. The number of carbonyl (C=O) groups is 2. The Morgan fingerprint density at radius 3 is 2.19 bits per heavy atom. The maximum Gasteiger partial charge on any atom is 0.295 e. The van der Waals surface area contributed by atoms with Crippen LogP contribution in [0.15, 0.2) is 54.1 Å². The van der Waals surface area contributed by atoms with E-state index in [0.717, 1.165) is 10.5 Å². The number of nitrogens with one attached hydrogen (secondary N) is 1. The summed E-state index contributed by atoms with van der Waals surface area (Å²) in [5.74, 6) is -0.138. The monoisotopic (exact) mass is 425 g/mol. The minimum Gasteiger partial charge on any atom is -0.507 e. The summed E-state index contributed by atoms with van der Waals surface area (Å²) in [6.45, 7) is 3.51. The number of Topliss-reactive ketones (excluding diaryl/α,β-unsaturated/α-hetero) is 1. The summed E-state index contributed by atoms with van der Waals surface area (Å²) in [6.07, 6.45) is 0. The largest absolute Gasteiger partial charge is 0.507 e. The van der Waals surface area contributed by atoms with Gasteiger partial charge in [0.05, 0.1) is 52.5 Å². The fraction of sp³-hybridized carbons (Fsp3) is 0.333. The Morgan fingerprint density at radius 1 is 1.03 bits per heavy atom. The van der Waals surface area contributed by atoms with Crippen LogP contribution < -0.4 is 14.4 Å². The van der Waals surface area contributed by atoms with Crippen LogP contribution in [0.4, 0.5) is 0 Å². The lowest BCUT2D eigenvalue weighted by atomic mass is 9.95. The van der Waals surface area contributed by atoms with E-state index in [4.69, 9.17) is 9.47 Å². The summed E-state index contributed by atoms with van der Waals surface area (Å²) in [4.78, 5) is 28.6. The highest BCUT2D eigenvalue weighted by molar-refractivity contribution is 6.46. The van der Waals surface area contributed by atoms with E-state index >= 15 is 0 Å². The molecule has 1 aliphatic heterocycles. The van der Waals surface area contributed by atoms with Crippen molar-refractivity contribution >= 4 is 17.4 Å². The maximum atomic E-state index is 13.0. The first-order valence-electron chi connectivity index (χ1n) is 10.3. The second kappa shape index (κ2) is 9.66. The molecule has 2 N–H and O–H groups in total. The molecule has 7 heteroatoms. The van der Waals surface area contributed by atoms with Crippen molar-refractivity contribution in [3.05, 3.63) is 65.2 Å². The van der Waals surface area contributed by atoms with Gasteiger partial charge in [0.2, 0.25) is 0 Å². The molecular weight excluding hydrogens is 396 g/mol. The number of hydrogen-bond donors (Lipinski definition) is 2. The second-order valence-electron chi connectivity index (χ2n) is 7.68. The molecule has 1 fully saturated rings. The summed E-state index contributed by atoms with van der Waals surface area (Å²) in [5.41, 5.74) is 1.28. The number of likely N-dealkylation sites (tertiary alicyclic amines) is 1. The van der Waals surface area contributed by atoms with Crippen LogP contribution >= 0.6 is 0 Å². The third-order valence-electron chi connectivity index (χ3n) is 5.26. The van der Waals surface area contributed by atoms with E-state index in [1.54, 1.807) is 36.3 Å². The van der Waals surface area contributed by atoms with Crippen molar-refractivity contribution in [2.75, 3.05) is 40.9 Å². The van der Waals surface area contributed by atoms with Gasteiger partial charge in [-0.05, 0) is 48.9 Å². The Hall–Kier alpha value is -3.32. The third-order valence-corrected chi connectivity index (χ3v) is 5.26. The first-order valence-corrected chi connectivity index (χ1v) is 10.3.